The van der Waals surface area contributed by atoms with E-state index in [1.54, 1.807) is 47.4 Å². The molecule has 4 rings (SSSR count). The number of aliphatic hydroxyl groups is 1. The van der Waals surface area contributed by atoms with Gasteiger partial charge in [0.2, 0.25) is 0 Å². The van der Waals surface area contributed by atoms with E-state index in [2.05, 4.69) is 15.4 Å². The first-order valence-corrected chi connectivity index (χ1v) is 11.0. The van der Waals surface area contributed by atoms with Crippen LogP contribution >= 0.6 is 11.6 Å². The van der Waals surface area contributed by atoms with Crippen LogP contribution in [-0.2, 0) is 6.54 Å². The Kier molecular flexibility index (Phi) is 6.90. The van der Waals surface area contributed by atoms with E-state index in [1.807, 2.05) is 19.2 Å². The second kappa shape index (κ2) is 10.0. The number of halogens is 2. The van der Waals surface area contributed by atoms with E-state index in [0.717, 1.165) is 17.7 Å². The zero-order valence-electron chi connectivity index (χ0n) is 18.4. The SMILES string of the molecule is CCn1cc(-c2cnc(N)c(-c3ccc(C(=O)N[C@H](CO)c4cccc(Cl)c4)c(F)c3)c2)cn1. The molecule has 2 aromatic heterocycles. The molecule has 0 saturated heterocycles. The van der Waals surface area contributed by atoms with E-state index in [0.29, 0.717) is 21.7 Å². The van der Waals surface area contributed by atoms with Crippen LogP contribution in [-0.4, -0.2) is 32.4 Å². The summed E-state index contributed by atoms with van der Waals surface area (Å²) in [5, 5.41) is 17.1. The Bertz CT molecular complexity index is 1340. The van der Waals surface area contributed by atoms with Gasteiger partial charge in [0.25, 0.3) is 5.91 Å². The molecule has 0 spiro atoms. The highest BCUT2D eigenvalue weighted by Crippen LogP contribution is 2.30. The standard InChI is InChI=1S/C25H23ClFN5O2/c1-2-32-13-18(12-30-32)17-9-21(24(28)29-11-17)15-6-7-20(22(27)10-15)25(34)31-23(14-33)16-4-3-5-19(26)8-16/h3-13,23,33H,2,14H2,1H3,(H2,28,29)(H,31,34)/t23-/m1/s1. The smallest absolute Gasteiger partial charge is 0.254 e. The number of nitrogen functional groups attached to an aromatic ring is 1. The summed E-state index contributed by atoms with van der Waals surface area (Å²) in [5.74, 6) is -1.14. The van der Waals surface area contributed by atoms with Crippen molar-refractivity contribution in [3.63, 3.8) is 0 Å². The fourth-order valence-electron chi connectivity index (χ4n) is 3.61. The lowest BCUT2D eigenvalue weighted by Crippen LogP contribution is -2.31. The third-order valence-electron chi connectivity index (χ3n) is 5.47. The van der Waals surface area contributed by atoms with Crippen LogP contribution in [0.1, 0.15) is 28.9 Å². The first-order valence-electron chi connectivity index (χ1n) is 10.6. The van der Waals surface area contributed by atoms with Crippen LogP contribution in [0.4, 0.5) is 10.2 Å². The average Bonchev–Trinajstić information content (AvgIpc) is 3.32. The van der Waals surface area contributed by atoms with Crippen LogP contribution < -0.4 is 11.1 Å². The molecule has 0 aliphatic heterocycles. The molecule has 1 atom stereocenters. The number of anilines is 1. The molecule has 4 N–H and O–H groups in total. The maximum atomic E-state index is 15.0. The quantitative estimate of drug-likeness (QED) is 0.362. The number of amides is 1. The average molecular weight is 480 g/mol. The van der Waals surface area contributed by atoms with Crippen molar-refractivity contribution in [3.8, 4) is 22.3 Å². The highest BCUT2D eigenvalue weighted by molar-refractivity contribution is 6.30. The Labute approximate surface area is 201 Å². The van der Waals surface area contributed by atoms with Gasteiger partial charge in [-0.25, -0.2) is 9.37 Å². The second-order valence-corrected chi connectivity index (χ2v) is 8.14. The van der Waals surface area contributed by atoms with E-state index in [4.69, 9.17) is 17.3 Å². The van der Waals surface area contributed by atoms with Gasteiger partial charge in [0.15, 0.2) is 0 Å². The molecule has 4 aromatic rings. The molecule has 2 heterocycles. The van der Waals surface area contributed by atoms with Crippen LogP contribution in [0.25, 0.3) is 22.3 Å². The number of pyridine rings is 1. The van der Waals surface area contributed by atoms with E-state index in [9.17, 15) is 14.3 Å². The zero-order valence-corrected chi connectivity index (χ0v) is 19.1. The van der Waals surface area contributed by atoms with Crippen molar-refractivity contribution >= 4 is 23.3 Å². The molecule has 34 heavy (non-hydrogen) atoms. The van der Waals surface area contributed by atoms with E-state index in [-0.39, 0.29) is 18.0 Å². The molecule has 0 bridgehead atoms. The minimum Gasteiger partial charge on any atom is -0.394 e. The molecular formula is C25H23ClFN5O2. The van der Waals surface area contributed by atoms with Gasteiger partial charge in [0.05, 0.1) is 24.4 Å². The number of nitrogens with one attached hydrogen (secondary N) is 1. The lowest BCUT2D eigenvalue weighted by atomic mass is 10.0. The van der Waals surface area contributed by atoms with Crippen molar-refractivity contribution in [2.45, 2.75) is 19.5 Å². The van der Waals surface area contributed by atoms with Gasteiger partial charge in [-0.1, -0.05) is 29.8 Å². The summed E-state index contributed by atoms with van der Waals surface area (Å²) in [6.45, 7) is 2.36. The first kappa shape index (κ1) is 23.4. The van der Waals surface area contributed by atoms with Gasteiger partial charge < -0.3 is 16.2 Å². The first-order chi connectivity index (χ1) is 16.4. The highest BCUT2D eigenvalue weighted by atomic mass is 35.5. The van der Waals surface area contributed by atoms with Gasteiger partial charge in [-0.15, -0.1) is 0 Å². The maximum absolute atomic E-state index is 15.0. The lowest BCUT2D eigenvalue weighted by Gasteiger charge is -2.17. The molecule has 2 aromatic carbocycles. The molecule has 174 valence electrons. The number of nitrogens with two attached hydrogens (primary N) is 1. The number of benzene rings is 2. The number of aryl methyl sites for hydroxylation is 1. The van der Waals surface area contributed by atoms with Gasteiger partial charge in [-0.3, -0.25) is 9.48 Å². The Balaban J connectivity index is 1.59. The topological polar surface area (TPSA) is 106 Å². The van der Waals surface area contributed by atoms with E-state index in [1.165, 1.54) is 12.1 Å². The Hall–Kier alpha value is -3.75. The Morgan fingerprint density at radius 1 is 1.18 bits per heavy atom. The van der Waals surface area contributed by atoms with Crippen molar-refractivity contribution < 1.29 is 14.3 Å². The van der Waals surface area contributed by atoms with Gasteiger partial charge >= 0.3 is 0 Å². The number of hydrogen-bond acceptors (Lipinski definition) is 5. The predicted octanol–water partition coefficient (Wildman–Crippen LogP) is 4.47. The number of aliphatic hydroxyl groups excluding tert-OH is 1. The monoisotopic (exact) mass is 479 g/mol. The van der Waals surface area contributed by atoms with Crippen molar-refractivity contribution in [2.75, 3.05) is 12.3 Å². The molecule has 0 radical (unpaired) electrons. The minimum atomic E-state index is -0.731. The molecular weight excluding hydrogens is 457 g/mol. The number of carbonyl (C=O) groups is 1. The number of hydrogen-bond donors (Lipinski definition) is 3. The van der Waals surface area contributed by atoms with Crippen molar-refractivity contribution in [1.29, 1.82) is 0 Å². The summed E-state index contributed by atoms with van der Waals surface area (Å²) < 4.78 is 16.8. The van der Waals surface area contributed by atoms with Gasteiger partial charge in [0, 0.05) is 40.7 Å². The molecule has 1 amide bonds. The maximum Gasteiger partial charge on any atom is 0.254 e. The second-order valence-electron chi connectivity index (χ2n) is 7.70. The molecule has 9 heteroatoms. The minimum absolute atomic E-state index is 0.156. The summed E-state index contributed by atoms with van der Waals surface area (Å²) in [5.41, 5.74) is 9.20. The fraction of sp³-hybridized carbons (Fsp3) is 0.160. The van der Waals surface area contributed by atoms with E-state index < -0.39 is 17.8 Å². The summed E-state index contributed by atoms with van der Waals surface area (Å²) in [7, 11) is 0. The number of rotatable bonds is 7. The third-order valence-corrected chi connectivity index (χ3v) is 5.71. The van der Waals surface area contributed by atoms with Crippen LogP contribution in [0, 0.1) is 5.82 Å². The Morgan fingerprint density at radius 2 is 2.00 bits per heavy atom. The molecule has 0 aliphatic rings. The number of carbonyl (C=O) groups excluding carboxylic acids is 1. The molecule has 0 saturated carbocycles. The number of aromatic nitrogens is 3. The van der Waals surface area contributed by atoms with Gasteiger partial charge in [-0.2, -0.15) is 5.10 Å². The summed E-state index contributed by atoms with van der Waals surface area (Å²) >= 11 is 6.00. The third kappa shape index (κ3) is 4.93. The summed E-state index contributed by atoms with van der Waals surface area (Å²) in [6, 6.07) is 12.1. The van der Waals surface area contributed by atoms with Gasteiger partial charge in [0.1, 0.15) is 11.6 Å². The lowest BCUT2D eigenvalue weighted by molar-refractivity contribution is 0.0912. The molecule has 0 fully saturated rings. The summed E-state index contributed by atoms with van der Waals surface area (Å²) in [6.07, 6.45) is 5.26. The molecule has 0 unspecified atom stereocenters. The fourth-order valence-corrected chi connectivity index (χ4v) is 3.81. The van der Waals surface area contributed by atoms with Crippen molar-refractivity contribution in [2.24, 2.45) is 0 Å². The molecule has 7 nitrogen and oxygen atoms in total. The summed E-state index contributed by atoms with van der Waals surface area (Å²) in [4.78, 5) is 17.0. The van der Waals surface area contributed by atoms with Crippen LogP contribution in [0.2, 0.25) is 5.02 Å². The van der Waals surface area contributed by atoms with Gasteiger partial charge in [-0.05, 0) is 48.4 Å². The highest BCUT2D eigenvalue weighted by Gasteiger charge is 2.19. The molecule has 0 aliphatic carbocycles. The number of nitrogens with zero attached hydrogens (tertiary/aromatic N) is 3. The van der Waals surface area contributed by atoms with Crippen molar-refractivity contribution in [3.05, 3.63) is 89.1 Å². The largest absolute Gasteiger partial charge is 0.394 e. The Morgan fingerprint density at radius 3 is 2.68 bits per heavy atom. The zero-order chi connectivity index (χ0) is 24.2. The van der Waals surface area contributed by atoms with Crippen LogP contribution in [0.5, 0.6) is 0 Å². The normalized spacial score (nSPS) is 11.9. The van der Waals surface area contributed by atoms with Crippen LogP contribution in [0.3, 0.4) is 0 Å². The van der Waals surface area contributed by atoms with Crippen molar-refractivity contribution in [1.82, 2.24) is 20.1 Å². The van der Waals surface area contributed by atoms with Crippen LogP contribution in [0.15, 0.2) is 67.1 Å². The predicted molar refractivity (Wildman–Crippen MR) is 130 cm³/mol. The van der Waals surface area contributed by atoms with E-state index >= 15 is 0 Å².